The summed E-state index contributed by atoms with van der Waals surface area (Å²) in [5.41, 5.74) is -0.567. The summed E-state index contributed by atoms with van der Waals surface area (Å²) < 4.78 is 6.84. The fourth-order valence-corrected chi connectivity index (χ4v) is 2.94. The Balaban J connectivity index is 1.53. The molecule has 2 aromatic rings. The first-order valence-corrected chi connectivity index (χ1v) is 8.68. The number of benzene rings is 1. The van der Waals surface area contributed by atoms with E-state index in [1.165, 1.54) is 10.7 Å². The maximum Gasteiger partial charge on any atom is 0.267 e. The average molecular weight is 357 g/mol. The molecule has 138 valence electrons. The van der Waals surface area contributed by atoms with Crippen molar-refractivity contribution < 1.29 is 14.6 Å². The van der Waals surface area contributed by atoms with Crippen molar-refractivity contribution in [3.63, 3.8) is 0 Å². The average Bonchev–Trinajstić information content (AvgIpc) is 2.64. The number of carbonyl (C=O) groups is 1. The Morgan fingerprint density at radius 2 is 1.88 bits per heavy atom. The van der Waals surface area contributed by atoms with Crippen molar-refractivity contribution in [2.75, 3.05) is 19.7 Å². The number of hydrogen-bond donors (Lipinski definition) is 1. The number of ether oxygens (including phenoxy) is 1. The predicted octanol–water partition coefficient (Wildman–Crippen LogP) is 0.984. The van der Waals surface area contributed by atoms with Crippen LogP contribution in [0, 0.1) is 6.92 Å². The van der Waals surface area contributed by atoms with Crippen molar-refractivity contribution in [1.82, 2.24) is 14.7 Å². The summed E-state index contributed by atoms with van der Waals surface area (Å²) in [5, 5.41) is 14.8. The Morgan fingerprint density at radius 1 is 1.19 bits per heavy atom. The summed E-state index contributed by atoms with van der Waals surface area (Å²) in [4.78, 5) is 25.9. The molecule has 7 heteroatoms. The molecule has 0 aliphatic carbocycles. The van der Waals surface area contributed by atoms with Crippen LogP contribution in [0.2, 0.25) is 0 Å². The minimum Gasteiger partial charge on any atom is -0.491 e. The van der Waals surface area contributed by atoms with Crippen LogP contribution < -0.4 is 10.3 Å². The van der Waals surface area contributed by atoms with Gasteiger partial charge in [0.1, 0.15) is 24.5 Å². The summed E-state index contributed by atoms with van der Waals surface area (Å²) in [6, 6.07) is 12.4. The van der Waals surface area contributed by atoms with E-state index < -0.39 is 5.60 Å². The monoisotopic (exact) mass is 357 g/mol. The Hall–Kier alpha value is -2.67. The van der Waals surface area contributed by atoms with Gasteiger partial charge < -0.3 is 14.7 Å². The van der Waals surface area contributed by atoms with Gasteiger partial charge in [-0.25, -0.2) is 4.68 Å². The Labute approximate surface area is 151 Å². The van der Waals surface area contributed by atoms with Crippen LogP contribution in [0.15, 0.2) is 47.3 Å². The zero-order valence-corrected chi connectivity index (χ0v) is 14.8. The van der Waals surface area contributed by atoms with Gasteiger partial charge in [-0.2, -0.15) is 5.10 Å². The van der Waals surface area contributed by atoms with Crippen LogP contribution in [-0.2, 0) is 11.3 Å². The molecule has 2 heterocycles. The van der Waals surface area contributed by atoms with E-state index in [1.807, 2.05) is 30.3 Å². The van der Waals surface area contributed by atoms with Gasteiger partial charge in [-0.15, -0.1) is 0 Å². The highest BCUT2D eigenvalue weighted by molar-refractivity contribution is 5.76. The first-order valence-electron chi connectivity index (χ1n) is 8.68. The van der Waals surface area contributed by atoms with Gasteiger partial charge in [0.15, 0.2) is 0 Å². The number of hydrogen-bond acceptors (Lipinski definition) is 5. The van der Waals surface area contributed by atoms with E-state index >= 15 is 0 Å². The van der Waals surface area contributed by atoms with Gasteiger partial charge in [-0.3, -0.25) is 9.59 Å². The first-order chi connectivity index (χ1) is 12.5. The number of rotatable bonds is 5. The summed E-state index contributed by atoms with van der Waals surface area (Å²) in [6.45, 7) is 2.73. The van der Waals surface area contributed by atoms with Gasteiger partial charge in [-0.05, 0) is 38.0 Å². The molecule has 1 amide bonds. The SMILES string of the molecule is Cc1ccc(=O)n(CC(=O)N2CCC(O)(COc3ccccc3)CC2)n1. The highest BCUT2D eigenvalue weighted by atomic mass is 16.5. The van der Waals surface area contributed by atoms with Crippen molar-refractivity contribution in [2.24, 2.45) is 0 Å². The van der Waals surface area contributed by atoms with Crippen LogP contribution in [0.4, 0.5) is 0 Å². The van der Waals surface area contributed by atoms with Crippen molar-refractivity contribution in [2.45, 2.75) is 31.9 Å². The number of piperidine rings is 1. The fourth-order valence-electron chi connectivity index (χ4n) is 2.94. The molecule has 7 nitrogen and oxygen atoms in total. The highest BCUT2D eigenvalue weighted by Gasteiger charge is 2.34. The lowest BCUT2D eigenvalue weighted by Gasteiger charge is -2.37. The molecule has 0 atom stereocenters. The molecule has 1 aromatic heterocycles. The minimum atomic E-state index is -0.953. The third-order valence-corrected chi connectivity index (χ3v) is 4.58. The molecule has 0 unspecified atom stereocenters. The molecule has 0 bridgehead atoms. The summed E-state index contributed by atoms with van der Waals surface area (Å²) in [7, 11) is 0. The number of para-hydroxylation sites is 1. The molecule has 1 fully saturated rings. The van der Waals surface area contributed by atoms with Crippen molar-refractivity contribution >= 4 is 5.91 Å². The molecule has 0 spiro atoms. The minimum absolute atomic E-state index is 0.0839. The molecule has 3 rings (SSSR count). The lowest BCUT2D eigenvalue weighted by Crippen LogP contribution is -2.50. The summed E-state index contributed by atoms with van der Waals surface area (Å²) in [5.74, 6) is 0.542. The van der Waals surface area contributed by atoms with Gasteiger partial charge in [0.05, 0.1) is 5.69 Å². The van der Waals surface area contributed by atoms with Crippen LogP contribution >= 0.6 is 0 Å². The lowest BCUT2D eigenvalue weighted by molar-refractivity contribution is -0.137. The number of amides is 1. The quantitative estimate of drug-likeness (QED) is 0.862. The Morgan fingerprint density at radius 3 is 2.58 bits per heavy atom. The topological polar surface area (TPSA) is 84.7 Å². The van der Waals surface area contributed by atoms with E-state index in [1.54, 1.807) is 17.9 Å². The van der Waals surface area contributed by atoms with Gasteiger partial charge in [-0.1, -0.05) is 18.2 Å². The van der Waals surface area contributed by atoms with Crippen molar-refractivity contribution in [3.05, 3.63) is 58.5 Å². The van der Waals surface area contributed by atoms with Gasteiger partial charge in [0.2, 0.25) is 5.91 Å². The van der Waals surface area contributed by atoms with Gasteiger partial charge >= 0.3 is 0 Å². The second-order valence-corrected chi connectivity index (χ2v) is 6.68. The number of nitrogens with zero attached hydrogens (tertiary/aromatic N) is 3. The molecular weight excluding hydrogens is 334 g/mol. The van der Waals surface area contributed by atoms with Crippen LogP contribution in [-0.4, -0.2) is 51.0 Å². The summed E-state index contributed by atoms with van der Waals surface area (Å²) in [6.07, 6.45) is 0.865. The summed E-state index contributed by atoms with van der Waals surface area (Å²) >= 11 is 0. The Kier molecular flexibility index (Phi) is 5.37. The number of aliphatic hydroxyl groups is 1. The number of aromatic nitrogens is 2. The van der Waals surface area contributed by atoms with Crippen LogP contribution in [0.5, 0.6) is 5.75 Å². The van der Waals surface area contributed by atoms with Crippen LogP contribution in [0.1, 0.15) is 18.5 Å². The molecule has 1 aromatic carbocycles. The maximum absolute atomic E-state index is 12.4. The third kappa shape index (κ3) is 4.49. The van der Waals surface area contributed by atoms with E-state index in [2.05, 4.69) is 5.10 Å². The zero-order valence-electron chi connectivity index (χ0n) is 14.8. The van der Waals surface area contributed by atoms with Gasteiger partial charge in [0.25, 0.3) is 5.56 Å². The van der Waals surface area contributed by atoms with E-state index in [4.69, 9.17) is 4.74 Å². The highest BCUT2D eigenvalue weighted by Crippen LogP contribution is 2.24. The van der Waals surface area contributed by atoms with E-state index in [0.717, 1.165) is 0 Å². The van der Waals surface area contributed by atoms with Crippen LogP contribution in [0.3, 0.4) is 0 Å². The zero-order chi connectivity index (χ0) is 18.6. The standard InChI is InChI=1S/C19H23N3O4/c1-15-7-8-17(23)22(20-15)13-18(24)21-11-9-19(25,10-12-21)14-26-16-5-3-2-4-6-16/h2-8,25H,9-14H2,1H3. The third-order valence-electron chi connectivity index (χ3n) is 4.58. The number of carbonyl (C=O) groups excluding carboxylic acids is 1. The molecule has 1 aliphatic heterocycles. The van der Waals surface area contributed by atoms with E-state index in [-0.39, 0.29) is 24.6 Å². The molecule has 1 aliphatic rings. The molecule has 26 heavy (non-hydrogen) atoms. The first kappa shape index (κ1) is 18.1. The van der Waals surface area contributed by atoms with Gasteiger partial charge in [0, 0.05) is 19.2 Å². The Bertz CT molecular complexity index is 811. The second kappa shape index (κ2) is 7.70. The lowest BCUT2D eigenvalue weighted by atomic mass is 9.92. The maximum atomic E-state index is 12.4. The normalized spacial score (nSPS) is 16.3. The molecule has 1 N–H and O–H groups in total. The predicted molar refractivity (Wildman–Crippen MR) is 95.9 cm³/mol. The largest absolute Gasteiger partial charge is 0.491 e. The molecule has 1 saturated heterocycles. The fraction of sp³-hybridized carbons (Fsp3) is 0.421. The molecular formula is C19H23N3O4. The smallest absolute Gasteiger partial charge is 0.267 e. The number of aryl methyl sites for hydroxylation is 1. The van der Waals surface area contributed by atoms with E-state index in [0.29, 0.717) is 37.4 Å². The second-order valence-electron chi connectivity index (χ2n) is 6.68. The van der Waals surface area contributed by atoms with Crippen molar-refractivity contribution in [3.8, 4) is 5.75 Å². The number of likely N-dealkylation sites (tertiary alicyclic amines) is 1. The van der Waals surface area contributed by atoms with Crippen molar-refractivity contribution in [1.29, 1.82) is 0 Å². The van der Waals surface area contributed by atoms with Crippen LogP contribution in [0.25, 0.3) is 0 Å². The van der Waals surface area contributed by atoms with E-state index in [9.17, 15) is 14.7 Å². The molecule has 0 radical (unpaired) electrons. The molecule has 0 saturated carbocycles.